The first-order valence-electron chi connectivity index (χ1n) is 20.3. The molecule has 1 aliphatic heterocycles. The second kappa shape index (κ2) is 17.4. The highest BCUT2D eigenvalue weighted by Crippen LogP contribution is 2.41. The first kappa shape index (κ1) is 45.4. The van der Waals surface area contributed by atoms with Gasteiger partial charge in [-0.3, -0.25) is 30.2 Å². The zero-order chi connectivity index (χ0) is 41.7. The van der Waals surface area contributed by atoms with Crippen LogP contribution in [0.25, 0.3) is 0 Å². The van der Waals surface area contributed by atoms with Crippen molar-refractivity contribution < 1.29 is 14.4 Å². The minimum atomic E-state index is -1.58. The molecule has 0 aliphatic carbocycles. The topological polar surface area (TPSA) is 157 Å². The van der Waals surface area contributed by atoms with Gasteiger partial charge in [0.15, 0.2) is 0 Å². The lowest BCUT2D eigenvalue weighted by Crippen LogP contribution is -2.66. The van der Waals surface area contributed by atoms with Gasteiger partial charge in [0.25, 0.3) is 0 Å². The molecule has 1 saturated heterocycles. The number of nitrogens with zero attached hydrogens (tertiary/aromatic N) is 2. The summed E-state index contributed by atoms with van der Waals surface area (Å²) in [6, 6.07) is 12.5. The van der Waals surface area contributed by atoms with Crippen LogP contribution in [-0.2, 0) is 44.1 Å². The largest absolute Gasteiger partial charge is 0.388 e. The summed E-state index contributed by atoms with van der Waals surface area (Å²) in [5, 5.41) is 15.3. The van der Waals surface area contributed by atoms with E-state index in [0.29, 0.717) is 51.4 Å². The van der Waals surface area contributed by atoms with Crippen LogP contribution in [-0.4, -0.2) is 52.4 Å². The predicted molar refractivity (Wildman–Crippen MR) is 227 cm³/mol. The van der Waals surface area contributed by atoms with Crippen molar-refractivity contribution in [1.82, 2.24) is 9.80 Å². The fourth-order valence-corrected chi connectivity index (χ4v) is 7.23. The molecule has 55 heavy (non-hydrogen) atoms. The van der Waals surface area contributed by atoms with Crippen molar-refractivity contribution in [2.24, 2.45) is 16.9 Å². The number of benzene rings is 2. The molecule has 0 saturated carbocycles. The number of nitrogens with one attached hydrogen (secondary N) is 2. The average Bonchev–Trinajstić information content (AvgIpc) is 3.04. The third-order valence-electron chi connectivity index (χ3n) is 10.9. The Morgan fingerprint density at radius 3 is 1.05 bits per heavy atom. The van der Waals surface area contributed by atoms with E-state index >= 15 is 9.59 Å². The third-order valence-corrected chi connectivity index (χ3v) is 10.9. The van der Waals surface area contributed by atoms with Crippen LogP contribution in [0.2, 0.25) is 0 Å². The number of hydrogen-bond donors (Lipinski definition) is 4. The van der Waals surface area contributed by atoms with Crippen LogP contribution in [0.5, 0.6) is 0 Å². The molecular weight excluding hydrogens is 685 g/mol. The predicted octanol–water partition coefficient (Wildman–Crippen LogP) is 9.43. The van der Waals surface area contributed by atoms with E-state index in [0.717, 1.165) is 33.4 Å². The number of imide groups is 2. The quantitative estimate of drug-likeness (QED) is 0.0581. The molecule has 9 nitrogen and oxygen atoms in total. The molecule has 0 aromatic heterocycles. The van der Waals surface area contributed by atoms with E-state index in [4.69, 9.17) is 22.3 Å². The van der Waals surface area contributed by atoms with Gasteiger partial charge in [0.05, 0.1) is 11.7 Å². The number of nitrogens with two attached hydrogens (primary N) is 2. The molecule has 0 unspecified atom stereocenters. The molecule has 9 heteroatoms. The number of unbranched alkanes of at least 4 members (excludes halogenated alkanes) is 4. The van der Waals surface area contributed by atoms with Crippen molar-refractivity contribution >= 4 is 29.5 Å². The maximum atomic E-state index is 15.3. The number of urea groups is 1. The Kier molecular flexibility index (Phi) is 14.4. The average molecular weight is 757 g/mol. The molecule has 0 spiro atoms. The number of hydrogen-bond acceptors (Lipinski definition) is 5. The van der Waals surface area contributed by atoms with Crippen LogP contribution in [0.4, 0.5) is 4.79 Å². The smallest absolute Gasteiger partial charge is 0.333 e. The van der Waals surface area contributed by atoms with Crippen LogP contribution in [0.15, 0.2) is 36.4 Å². The Morgan fingerprint density at radius 2 is 0.800 bits per heavy atom. The summed E-state index contributed by atoms with van der Waals surface area (Å²) in [4.78, 5) is 47.7. The van der Waals surface area contributed by atoms with Crippen LogP contribution < -0.4 is 11.5 Å². The first-order chi connectivity index (χ1) is 25.2. The Bertz CT molecular complexity index is 1540. The molecular formula is C46H72N6O3. The number of rotatable bonds is 16. The van der Waals surface area contributed by atoms with E-state index in [2.05, 4.69) is 119 Å². The summed E-state index contributed by atoms with van der Waals surface area (Å²) in [5.41, 5.74) is 15.3. The van der Waals surface area contributed by atoms with Gasteiger partial charge < -0.3 is 11.5 Å². The summed E-state index contributed by atoms with van der Waals surface area (Å²) in [5.74, 6) is -0.660. The lowest BCUT2D eigenvalue weighted by Gasteiger charge is -2.45. The second-order valence-electron chi connectivity index (χ2n) is 20.1. The van der Waals surface area contributed by atoms with Crippen molar-refractivity contribution in [3.05, 3.63) is 69.8 Å². The molecule has 6 N–H and O–H groups in total. The van der Waals surface area contributed by atoms with Gasteiger partial charge >= 0.3 is 6.03 Å². The molecule has 1 heterocycles. The molecule has 4 amide bonds. The summed E-state index contributed by atoms with van der Waals surface area (Å²) >= 11 is 0. The number of carbonyl (C=O) groups excluding carboxylic acids is 3. The van der Waals surface area contributed by atoms with Gasteiger partial charge in [0, 0.05) is 25.9 Å². The van der Waals surface area contributed by atoms with Crippen LogP contribution in [0.1, 0.15) is 168 Å². The fraction of sp³-hybridized carbons (Fsp3) is 0.630. The van der Waals surface area contributed by atoms with E-state index in [-0.39, 0.29) is 59.3 Å². The van der Waals surface area contributed by atoms with Crippen molar-refractivity contribution in [2.75, 3.05) is 13.1 Å². The van der Waals surface area contributed by atoms with E-state index in [1.54, 1.807) is 0 Å². The number of amidine groups is 2. The summed E-state index contributed by atoms with van der Waals surface area (Å²) in [6.45, 7) is 26.5. The maximum Gasteiger partial charge on any atom is 0.333 e. The second-order valence-corrected chi connectivity index (χ2v) is 20.1. The van der Waals surface area contributed by atoms with Crippen molar-refractivity contribution in [2.45, 2.75) is 169 Å². The minimum Gasteiger partial charge on any atom is -0.388 e. The van der Waals surface area contributed by atoms with E-state index in [1.807, 2.05) is 0 Å². The molecule has 304 valence electrons. The van der Waals surface area contributed by atoms with E-state index < -0.39 is 23.3 Å². The molecule has 3 rings (SSSR count). The SMILES string of the molecule is CC(C)(C)c1cc(CC2(Cc3cc(C(C)(C)C)cc(C(C)(C)C)c3)C(=O)N(CCCCCC(=N)N)C(=O)N(CCCCCC(=N)N)C2=O)cc(C(C)(C)C)c1. The molecule has 1 fully saturated rings. The number of amides is 4. The van der Waals surface area contributed by atoms with Crippen molar-refractivity contribution in [3.8, 4) is 0 Å². The zero-order valence-electron chi connectivity index (χ0n) is 36.2. The standard InChI is InChI=1S/C46H72N6O3/c1-42(2,3)33-23-31(24-34(27-33)43(4,5)6)29-46(30-32-25-35(44(7,8)9)28-36(26-32)45(10,11)12)39(53)51(21-17-13-15-19-37(47)48)41(55)52(40(46)54)22-18-14-16-20-38(49)50/h23-28H,13-22,29-30H2,1-12H3,(H3,47,48)(H3,49,50). The number of carbonyl (C=O) groups is 3. The highest BCUT2D eigenvalue weighted by molar-refractivity contribution is 6.19. The summed E-state index contributed by atoms with van der Waals surface area (Å²) in [6.07, 6.45) is 5.04. The summed E-state index contributed by atoms with van der Waals surface area (Å²) in [7, 11) is 0. The highest BCUT2D eigenvalue weighted by Gasteiger charge is 2.57. The Morgan fingerprint density at radius 1 is 0.509 bits per heavy atom. The molecule has 0 radical (unpaired) electrons. The molecule has 0 atom stereocenters. The normalized spacial score (nSPS) is 15.5. The van der Waals surface area contributed by atoms with E-state index in [9.17, 15) is 4.79 Å². The van der Waals surface area contributed by atoms with Crippen molar-refractivity contribution in [1.29, 1.82) is 10.8 Å². The maximum absolute atomic E-state index is 15.3. The van der Waals surface area contributed by atoms with Crippen LogP contribution in [0.3, 0.4) is 0 Å². The van der Waals surface area contributed by atoms with Crippen LogP contribution in [0, 0.1) is 16.2 Å². The van der Waals surface area contributed by atoms with Gasteiger partial charge in [0.2, 0.25) is 11.8 Å². The van der Waals surface area contributed by atoms with Gasteiger partial charge in [-0.2, -0.15) is 0 Å². The van der Waals surface area contributed by atoms with Crippen LogP contribution >= 0.6 is 0 Å². The number of barbiturate groups is 1. The highest BCUT2D eigenvalue weighted by atomic mass is 16.2. The monoisotopic (exact) mass is 757 g/mol. The summed E-state index contributed by atoms with van der Waals surface area (Å²) < 4.78 is 0. The lowest BCUT2D eigenvalue weighted by atomic mass is 9.70. The molecule has 0 bridgehead atoms. The molecule has 2 aromatic carbocycles. The third kappa shape index (κ3) is 12.0. The zero-order valence-corrected chi connectivity index (χ0v) is 36.2. The first-order valence-corrected chi connectivity index (χ1v) is 20.3. The molecule has 2 aromatic rings. The lowest BCUT2D eigenvalue weighted by molar-refractivity contribution is -0.159. The van der Waals surface area contributed by atoms with Gasteiger partial charge in [0.1, 0.15) is 5.41 Å². The Balaban J connectivity index is 2.32. The van der Waals surface area contributed by atoms with Gasteiger partial charge in [-0.05, 0) is 93.6 Å². The van der Waals surface area contributed by atoms with Gasteiger partial charge in [-0.25, -0.2) is 4.79 Å². The minimum absolute atomic E-state index is 0.116. The molecule has 1 aliphatic rings. The van der Waals surface area contributed by atoms with Gasteiger partial charge in [-0.1, -0.05) is 132 Å². The van der Waals surface area contributed by atoms with Gasteiger partial charge in [-0.15, -0.1) is 0 Å². The van der Waals surface area contributed by atoms with E-state index in [1.165, 1.54) is 9.80 Å². The Labute approximate surface area is 332 Å². The van der Waals surface area contributed by atoms with Crippen molar-refractivity contribution in [3.63, 3.8) is 0 Å². The fourth-order valence-electron chi connectivity index (χ4n) is 7.23. The Hall–Kier alpha value is -4.01.